The largest absolute Gasteiger partial charge is 0.339 e. The Balaban J connectivity index is 1.24. The summed E-state index contributed by atoms with van der Waals surface area (Å²) in [6, 6.07) is 16.1. The van der Waals surface area contributed by atoms with Gasteiger partial charge in [0.15, 0.2) is 0 Å². The number of aromatic nitrogens is 3. The smallest absolute Gasteiger partial charge is 0.241 e. The number of pyridine rings is 1. The fourth-order valence-electron chi connectivity index (χ4n) is 6.37. The highest BCUT2D eigenvalue weighted by Gasteiger charge is 2.59. The van der Waals surface area contributed by atoms with E-state index in [4.69, 9.17) is 4.98 Å². The molecule has 8 nitrogen and oxygen atoms in total. The van der Waals surface area contributed by atoms with Gasteiger partial charge in [-0.2, -0.15) is 0 Å². The average molecular weight is 505 g/mol. The van der Waals surface area contributed by atoms with Crippen molar-refractivity contribution in [3.8, 4) is 11.1 Å². The van der Waals surface area contributed by atoms with Crippen molar-refractivity contribution < 1.29 is 9.59 Å². The number of nitrogens with zero attached hydrogens (tertiary/aromatic N) is 5. The number of fused-ring (bicyclic) bond motifs is 3. The lowest BCUT2D eigenvalue weighted by Crippen LogP contribution is -2.66. The molecule has 5 heterocycles. The number of carbonyl (C=O) groups excluding carboxylic acids is 2. The van der Waals surface area contributed by atoms with Crippen molar-refractivity contribution in [1.82, 2.24) is 25.2 Å². The number of benzene rings is 2. The minimum Gasteiger partial charge on any atom is -0.339 e. The number of likely N-dealkylation sites (tertiary alicyclic amines) is 1. The van der Waals surface area contributed by atoms with Crippen molar-refractivity contribution >= 4 is 28.3 Å². The molecule has 8 heteroatoms. The van der Waals surface area contributed by atoms with Crippen molar-refractivity contribution in [2.45, 2.75) is 24.8 Å². The molecule has 3 aliphatic heterocycles. The normalized spacial score (nSPS) is 18.6. The molecule has 0 aliphatic carbocycles. The Kier molecular flexibility index (Phi) is 5.44. The van der Waals surface area contributed by atoms with Crippen LogP contribution in [0, 0.1) is 5.92 Å². The summed E-state index contributed by atoms with van der Waals surface area (Å²) < 4.78 is 0. The van der Waals surface area contributed by atoms with E-state index in [0.717, 1.165) is 64.8 Å². The lowest BCUT2D eigenvalue weighted by molar-refractivity contribution is -0.148. The molecular formula is C30H28N6O2. The lowest BCUT2D eigenvalue weighted by Gasteiger charge is -2.48. The Morgan fingerprint density at radius 3 is 2.53 bits per heavy atom. The quantitative estimate of drug-likeness (QED) is 0.459. The molecular weight excluding hydrogens is 476 g/mol. The Bertz CT molecular complexity index is 1540. The fourth-order valence-corrected chi connectivity index (χ4v) is 6.37. The summed E-state index contributed by atoms with van der Waals surface area (Å²) in [7, 11) is 0. The summed E-state index contributed by atoms with van der Waals surface area (Å²) >= 11 is 0. The van der Waals surface area contributed by atoms with E-state index < -0.39 is 5.41 Å². The first kappa shape index (κ1) is 23.0. The first-order chi connectivity index (χ1) is 18.7. The summed E-state index contributed by atoms with van der Waals surface area (Å²) in [6.07, 6.45) is 8.67. The summed E-state index contributed by atoms with van der Waals surface area (Å²) in [5, 5.41) is 5.39. The van der Waals surface area contributed by atoms with Gasteiger partial charge < -0.3 is 15.1 Å². The van der Waals surface area contributed by atoms with Crippen molar-refractivity contribution in [2.24, 2.45) is 5.92 Å². The molecule has 0 unspecified atom stereocenters. The molecule has 190 valence electrons. The van der Waals surface area contributed by atoms with Crippen LogP contribution in [0.1, 0.15) is 24.1 Å². The van der Waals surface area contributed by atoms with Crippen molar-refractivity contribution in [2.75, 3.05) is 31.1 Å². The van der Waals surface area contributed by atoms with Gasteiger partial charge in [-0.05, 0) is 42.9 Å². The summed E-state index contributed by atoms with van der Waals surface area (Å²) in [6.45, 7) is 2.95. The van der Waals surface area contributed by atoms with Gasteiger partial charge >= 0.3 is 0 Å². The van der Waals surface area contributed by atoms with E-state index in [0.29, 0.717) is 19.6 Å². The molecule has 0 radical (unpaired) electrons. The minimum atomic E-state index is -0.688. The van der Waals surface area contributed by atoms with Crippen molar-refractivity contribution in [1.29, 1.82) is 0 Å². The second-order valence-corrected chi connectivity index (χ2v) is 10.5. The third kappa shape index (κ3) is 3.51. The van der Waals surface area contributed by atoms with Crippen molar-refractivity contribution in [3.63, 3.8) is 0 Å². The van der Waals surface area contributed by atoms with Gasteiger partial charge in [0, 0.05) is 59.8 Å². The van der Waals surface area contributed by atoms with Crippen LogP contribution in [0.4, 0.5) is 5.69 Å². The minimum absolute atomic E-state index is 0.0401. The van der Waals surface area contributed by atoms with Crippen LogP contribution in [0.2, 0.25) is 0 Å². The number of amides is 2. The van der Waals surface area contributed by atoms with E-state index >= 15 is 0 Å². The zero-order chi connectivity index (χ0) is 25.7. The number of carbonyl (C=O) groups is 2. The molecule has 1 spiro atoms. The van der Waals surface area contributed by atoms with Crippen LogP contribution in [0.25, 0.3) is 21.9 Å². The molecule has 2 fully saturated rings. The Hall–Kier alpha value is -4.17. The van der Waals surface area contributed by atoms with Gasteiger partial charge in [0.05, 0.1) is 12.2 Å². The monoisotopic (exact) mass is 504 g/mol. The van der Waals surface area contributed by atoms with Gasteiger partial charge in [-0.3, -0.25) is 14.6 Å². The van der Waals surface area contributed by atoms with E-state index in [1.165, 1.54) is 6.33 Å². The molecule has 2 amide bonds. The standard InChI is InChI=1S/C30H28N6O2/c37-28(20-9-11-31-12-10-20)35-17-30(18-35)24-7-3-4-8-26(24)36(29(30)38)16-25-27(22-13-32-19-33-14-22)23-6-2-1-5-21(23)15-34-25/h1-8,13-15,19-20,31H,9-12,16-18H2. The second-order valence-electron chi connectivity index (χ2n) is 10.5. The number of rotatable bonds is 4. The zero-order valence-corrected chi connectivity index (χ0v) is 21.0. The lowest BCUT2D eigenvalue weighted by atomic mass is 9.74. The number of anilines is 1. The molecule has 0 saturated carbocycles. The van der Waals surface area contributed by atoms with Crippen molar-refractivity contribution in [3.05, 3.63) is 84.7 Å². The molecule has 2 aromatic heterocycles. The first-order valence-corrected chi connectivity index (χ1v) is 13.2. The number of nitrogens with one attached hydrogen (secondary N) is 1. The second kappa shape index (κ2) is 8.99. The van der Waals surface area contributed by atoms with Gasteiger partial charge in [0.25, 0.3) is 0 Å². The maximum Gasteiger partial charge on any atom is 0.241 e. The molecule has 4 aromatic rings. The highest BCUT2D eigenvalue weighted by atomic mass is 16.2. The zero-order valence-electron chi connectivity index (χ0n) is 21.0. The van der Waals surface area contributed by atoms with Crippen LogP contribution in [0.15, 0.2) is 73.4 Å². The number of para-hydroxylation sites is 1. The van der Waals surface area contributed by atoms with Crippen LogP contribution in [-0.2, 0) is 21.5 Å². The Morgan fingerprint density at radius 2 is 1.71 bits per heavy atom. The third-order valence-corrected chi connectivity index (χ3v) is 8.32. The topological polar surface area (TPSA) is 91.3 Å². The number of hydrogen-bond acceptors (Lipinski definition) is 6. The van der Waals surface area contributed by atoms with Crippen LogP contribution >= 0.6 is 0 Å². The highest BCUT2D eigenvalue weighted by molar-refractivity contribution is 6.10. The number of hydrogen-bond donors (Lipinski definition) is 1. The Labute approximate surface area is 220 Å². The van der Waals surface area contributed by atoms with Crippen LogP contribution < -0.4 is 10.2 Å². The molecule has 3 aliphatic rings. The maximum atomic E-state index is 14.2. The summed E-state index contributed by atoms with van der Waals surface area (Å²) in [5.41, 5.74) is 3.81. The predicted molar refractivity (Wildman–Crippen MR) is 144 cm³/mol. The maximum absolute atomic E-state index is 14.2. The molecule has 2 aromatic carbocycles. The van der Waals surface area contributed by atoms with Gasteiger partial charge in [0.2, 0.25) is 11.8 Å². The summed E-state index contributed by atoms with van der Waals surface area (Å²) in [5.74, 6) is 0.274. The SMILES string of the molecule is O=C(C1CCNCC1)N1CC2(C1)C(=O)N(Cc1ncc3ccccc3c1-c1cncnc1)c1ccccc12. The predicted octanol–water partition coefficient (Wildman–Crippen LogP) is 3.32. The molecule has 1 N–H and O–H groups in total. The number of piperidine rings is 1. The van der Waals surface area contributed by atoms with Crippen LogP contribution in [-0.4, -0.2) is 57.8 Å². The first-order valence-electron chi connectivity index (χ1n) is 13.2. The van der Waals surface area contributed by atoms with E-state index in [-0.39, 0.29) is 17.7 Å². The molecule has 0 atom stereocenters. The highest BCUT2D eigenvalue weighted by Crippen LogP contribution is 2.48. The van der Waals surface area contributed by atoms with Gasteiger partial charge in [-0.15, -0.1) is 0 Å². The van der Waals surface area contributed by atoms with E-state index in [1.807, 2.05) is 58.5 Å². The van der Waals surface area contributed by atoms with Gasteiger partial charge in [-0.25, -0.2) is 9.97 Å². The van der Waals surface area contributed by atoms with E-state index in [1.54, 1.807) is 12.4 Å². The third-order valence-electron chi connectivity index (χ3n) is 8.32. The average Bonchev–Trinajstić information content (AvgIpc) is 3.20. The van der Waals surface area contributed by atoms with Crippen LogP contribution in [0.5, 0.6) is 0 Å². The summed E-state index contributed by atoms with van der Waals surface area (Å²) in [4.78, 5) is 44.4. The fraction of sp³-hybridized carbons (Fsp3) is 0.300. The molecule has 0 bridgehead atoms. The molecule has 2 saturated heterocycles. The molecule has 7 rings (SSSR count). The van der Waals surface area contributed by atoms with E-state index in [2.05, 4.69) is 21.4 Å². The van der Waals surface area contributed by atoms with Gasteiger partial charge in [-0.1, -0.05) is 42.5 Å². The van der Waals surface area contributed by atoms with Gasteiger partial charge in [0.1, 0.15) is 11.7 Å². The molecule has 38 heavy (non-hydrogen) atoms. The van der Waals surface area contributed by atoms with E-state index in [9.17, 15) is 9.59 Å². The Morgan fingerprint density at radius 1 is 0.974 bits per heavy atom. The van der Waals surface area contributed by atoms with Crippen LogP contribution in [0.3, 0.4) is 0 Å².